The van der Waals surface area contributed by atoms with Crippen molar-refractivity contribution in [1.82, 2.24) is 0 Å². The van der Waals surface area contributed by atoms with E-state index in [2.05, 4.69) is 13.0 Å². The van der Waals surface area contributed by atoms with E-state index in [-0.39, 0.29) is 0 Å². The highest BCUT2D eigenvalue weighted by Gasteiger charge is 2.04. The van der Waals surface area contributed by atoms with E-state index in [1.165, 1.54) is 15.3 Å². The maximum Gasteiger partial charge on any atom is 0.119 e. The second kappa shape index (κ2) is 7.28. The summed E-state index contributed by atoms with van der Waals surface area (Å²) >= 11 is 1.74. The predicted octanol–water partition coefficient (Wildman–Crippen LogP) is 3.11. The van der Waals surface area contributed by atoms with Crippen molar-refractivity contribution in [3.05, 3.63) is 51.7 Å². The molecule has 1 aromatic heterocycles. The normalized spacial score (nSPS) is 10.6. The molecule has 0 spiro atoms. The molecule has 0 fully saturated rings. The average molecular weight is 277 g/mol. The molecule has 0 atom stereocenters. The largest absolute Gasteiger partial charge is 0.491 e. The molecule has 0 amide bonds. The predicted molar refractivity (Wildman–Crippen MR) is 78.5 cm³/mol. The highest BCUT2D eigenvalue weighted by molar-refractivity contribution is 7.12. The van der Waals surface area contributed by atoms with Gasteiger partial charge in [-0.15, -0.1) is 11.3 Å². The van der Waals surface area contributed by atoms with Crippen LogP contribution in [0.25, 0.3) is 0 Å². The average Bonchev–Trinajstić information content (AvgIpc) is 2.80. The zero-order valence-corrected chi connectivity index (χ0v) is 11.9. The minimum Gasteiger partial charge on any atom is -0.491 e. The Kier molecular flexibility index (Phi) is 5.39. The second-order valence-electron chi connectivity index (χ2n) is 4.21. The fourth-order valence-electron chi connectivity index (χ4n) is 1.75. The molecular formula is C15H19NO2S. The van der Waals surface area contributed by atoms with Gasteiger partial charge in [-0.2, -0.15) is 0 Å². The SMILES string of the molecule is Cc1sc(CN)cc1COCCOc1ccccc1. The third-order valence-corrected chi connectivity index (χ3v) is 3.89. The number of benzene rings is 1. The summed E-state index contributed by atoms with van der Waals surface area (Å²) in [5.41, 5.74) is 6.85. The smallest absolute Gasteiger partial charge is 0.119 e. The molecule has 0 radical (unpaired) electrons. The van der Waals surface area contributed by atoms with Gasteiger partial charge >= 0.3 is 0 Å². The molecule has 2 N–H and O–H groups in total. The lowest BCUT2D eigenvalue weighted by Gasteiger charge is -2.06. The van der Waals surface area contributed by atoms with Gasteiger partial charge in [0.1, 0.15) is 12.4 Å². The van der Waals surface area contributed by atoms with Crippen molar-refractivity contribution in [3.63, 3.8) is 0 Å². The minimum atomic E-state index is 0.566. The Morgan fingerprint density at radius 3 is 2.63 bits per heavy atom. The highest BCUT2D eigenvalue weighted by atomic mass is 32.1. The van der Waals surface area contributed by atoms with Crippen molar-refractivity contribution >= 4 is 11.3 Å². The molecule has 0 aliphatic heterocycles. The first-order valence-corrected chi connectivity index (χ1v) is 7.15. The fourth-order valence-corrected chi connectivity index (χ4v) is 2.68. The summed E-state index contributed by atoms with van der Waals surface area (Å²) in [4.78, 5) is 2.49. The first-order valence-electron chi connectivity index (χ1n) is 6.33. The van der Waals surface area contributed by atoms with E-state index in [0.717, 1.165) is 5.75 Å². The van der Waals surface area contributed by atoms with Crippen molar-refractivity contribution in [1.29, 1.82) is 0 Å². The number of rotatable bonds is 7. The molecule has 102 valence electrons. The second-order valence-corrected chi connectivity index (χ2v) is 5.55. The van der Waals surface area contributed by atoms with Crippen molar-refractivity contribution in [2.75, 3.05) is 13.2 Å². The van der Waals surface area contributed by atoms with Crippen LogP contribution >= 0.6 is 11.3 Å². The molecule has 2 aromatic rings. The van der Waals surface area contributed by atoms with Crippen LogP contribution in [0.2, 0.25) is 0 Å². The van der Waals surface area contributed by atoms with Crippen LogP contribution in [0.4, 0.5) is 0 Å². The van der Waals surface area contributed by atoms with Gasteiger partial charge in [-0.3, -0.25) is 0 Å². The Morgan fingerprint density at radius 2 is 1.95 bits per heavy atom. The van der Waals surface area contributed by atoms with Gasteiger partial charge in [0.05, 0.1) is 13.2 Å². The lowest BCUT2D eigenvalue weighted by molar-refractivity contribution is 0.0888. The molecule has 0 unspecified atom stereocenters. The molecule has 0 saturated heterocycles. The monoisotopic (exact) mass is 277 g/mol. The zero-order chi connectivity index (χ0) is 13.5. The summed E-state index contributed by atoms with van der Waals surface area (Å²) in [5, 5.41) is 0. The third kappa shape index (κ3) is 4.35. The zero-order valence-electron chi connectivity index (χ0n) is 11.1. The standard InChI is InChI=1S/C15H19NO2S/c1-12-13(9-15(10-16)19-12)11-17-7-8-18-14-5-3-2-4-6-14/h2-6,9H,7-8,10-11,16H2,1H3. The number of para-hydroxylation sites is 1. The van der Waals surface area contributed by atoms with E-state index in [1.54, 1.807) is 11.3 Å². The maximum absolute atomic E-state index is 5.62. The van der Waals surface area contributed by atoms with Crippen molar-refractivity contribution in [3.8, 4) is 5.75 Å². The van der Waals surface area contributed by atoms with Crippen LogP contribution in [0.1, 0.15) is 15.3 Å². The number of hydrogen-bond donors (Lipinski definition) is 1. The van der Waals surface area contributed by atoms with Gasteiger partial charge in [0, 0.05) is 16.3 Å². The summed E-state index contributed by atoms with van der Waals surface area (Å²) in [7, 11) is 0. The Bertz CT molecular complexity index is 496. The molecular weight excluding hydrogens is 258 g/mol. The molecule has 1 aromatic carbocycles. The van der Waals surface area contributed by atoms with Crippen molar-refractivity contribution < 1.29 is 9.47 Å². The van der Waals surface area contributed by atoms with Crippen LogP contribution < -0.4 is 10.5 Å². The number of aryl methyl sites for hydroxylation is 1. The summed E-state index contributed by atoms with van der Waals surface area (Å²) in [6, 6.07) is 11.9. The van der Waals surface area contributed by atoms with E-state index in [4.69, 9.17) is 15.2 Å². The molecule has 0 aliphatic rings. The van der Waals surface area contributed by atoms with E-state index >= 15 is 0 Å². The Morgan fingerprint density at radius 1 is 1.16 bits per heavy atom. The van der Waals surface area contributed by atoms with Crippen molar-refractivity contribution in [2.45, 2.75) is 20.1 Å². The fraction of sp³-hybridized carbons (Fsp3) is 0.333. The van der Waals surface area contributed by atoms with Crippen LogP contribution in [0.3, 0.4) is 0 Å². The maximum atomic E-state index is 5.62. The lowest BCUT2D eigenvalue weighted by Crippen LogP contribution is -2.06. The van der Waals surface area contributed by atoms with E-state index < -0.39 is 0 Å². The van der Waals surface area contributed by atoms with Crippen LogP contribution in [-0.2, 0) is 17.9 Å². The van der Waals surface area contributed by atoms with Crippen LogP contribution in [-0.4, -0.2) is 13.2 Å². The molecule has 19 heavy (non-hydrogen) atoms. The molecule has 0 bridgehead atoms. The van der Waals surface area contributed by atoms with Gasteiger partial charge in [-0.1, -0.05) is 18.2 Å². The summed E-state index contributed by atoms with van der Waals surface area (Å²) in [6.45, 7) is 4.48. The molecule has 0 saturated carbocycles. The molecule has 0 aliphatic carbocycles. The number of ether oxygens (including phenoxy) is 2. The third-order valence-electron chi connectivity index (χ3n) is 2.77. The quantitative estimate of drug-likeness (QED) is 0.791. The number of hydrogen-bond acceptors (Lipinski definition) is 4. The summed E-state index contributed by atoms with van der Waals surface area (Å²) < 4.78 is 11.2. The number of nitrogens with two attached hydrogens (primary N) is 1. The first-order chi connectivity index (χ1) is 9.29. The molecule has 2 rings (SSSR count). The van der Waals surface area contributed by atoms with E-state index in [0.29, 0.717) is 26.4 Å². The molecule has 3 nitrogen and oxygen atoms in total. The highest BCUT2D eigenvalue weighted by Crippen LogP contribution is 2.21. The van der Waals surface area contributed by atoms with Crippen LogP contribution in [0.15, 0.2) is 36.4 Å². The van der Waals surface area contributed by atoms with Gasteiger partial charge in [0.2, 0.25) is 0 Å². The summed E-state index contributed by atoms with van der Waals surface area (Å²) in [5.74, 6) is 0.878. The topological polar surface area (TPSA) is 44.5 Å². The van der Waals surface area contributed by atoms with Crippen LogP contribution in [0.5, 0.6) is 5.75 Å². The minimum absolute atomic E-state index is 0.566. The van der Waals surface area contributed by atoms with E-state index in [1.807, 2.05) is 30.3 Å². The Balaban J connectivity index is 1.68. The van der Waals surface area contributed by atoms with Crippen LogP contribution in [0, 0.1) is 6.92 Å². The van der Waals surface area contributed by atoms with Crippen molar-refractivity contribution in [2.24, 2.45) is 5.73 Å². The van der Waals surface area contributed by atoms with Gasteiger partial charge in [-0.05, 0) is 30.7 Å². The Labute approximate surface area is 118 Å². The summed E-state index contributed by atoms with van der Waals surface area (Å²) in [6.07, 6.45) is 0. The lowest BCUT2D eigenvalue weighted by atomic mass is 10.2. The molecule has 4 heteroatoms. The number of thiophene rings is 1. The molecule has 1 heterocycles. The van der Waals surface area contributed by atoms with Gasteiger partial charge in [-0.25, -0.2) is 0 Å². The Hall–Kier alpha value is -1.36. The van der Waals surface area contributed by atoms with Gasteiger partial charge in [0.15, 0.2) is 0 Å². The van der Waals surface area contributed by atoms with Gasteiger partial charge < -0.3 is 15.2 Å². The van der Waals surface area contributed by atoms with E-state index in [9.17, 15) is 0 Å². The van der Waals surface area contributed by atoms with Gasteiger partial charge in [0.25, 0.3) is 0 Å². The first kappa shape index (κ1) is 14.1.